The van der Waals surface area contributed by atoms with Crippen molar-refractivity contribution >= 4 is 40.9 Å². The van der Waals surface area contributed by atoms with Crippen LogP contribution in [0.5, 0.6) is 0 Å². The molecule has 0 bridgehead atoms. The Morgan fingerprint density at radius 1 is 1.14 bits per heavy atom. The number of hydrogen-bond donors (Lipinski definition) is 2. The summed E-state index contributed by atoms with van der Waals surface area (Å²) in [4.78, 5) is 39.9. The number of imide groups is 1. The normalized spacial score (nSPS) is 21.6. The van der Waals surface area contributed by atoms with Gasteiger partial charge in [-0.15, -0.1) is 0 Å². The summed E-state index contributed by atoms with van der Waals surface area (Å²) in [7, 11) is 0. The Kier molecular flexibility index (Phi) is 5.15. The highest BCUT2D eigenvalue weighted by Crippen LogP contribution is 2.31. The summed E-state index contributed by atoms with van der Waals surface area (Å²) in [5, 5.41) is 12.5. The van der Waals surface area contributed by atoms with Crippen LogP contribution in [0, 0.1) is 0 Å². The van der Waals surface area contributed by atoms with Gasteiger partial charge in [0.25, 0.3) is 5.91 Å². The lowest BCUT2D eigenvalue weighted by atomic mass is 10.0. The number of nitrogens with zero attached hydrogens (tertiary/aromatic N) is 2. The lowest BCUT2D eigenvalue weighted by molar-refractivity contribution is -0.118. The van der Waals surface area contributed by atoms with E-state index in [-0.39, 0.29) is 17.5 Å². The summed E-state index contributed by atoms with van der Waals surface area (Å²) >= 11 is 6.00. The zero-order valence-corrected chi connectivity index (χ0v) is 16.3. The van der Waals surface area contributed by atoms with Crippen LogP contribution in [0.15, 0.2) is 48.5 Å². The number of aromatic carboxylic acids is 1. The van der Waals surface area contributed by atoms with Crippen molar-refractivity contribution < 1.29 is 19.5 Å². The van der Waals surface area contributed by atoms with Crippen molar-refractivity contribution in [3.8, 4) is 0 Å². The van der Waals surface area contributed by atoms with Gasteiger partial charge in [0.2, 0.25) is 0 Å². The van der Waals surface area contributed by atoms with Gasteiger partial charge in [-0.1, -0.05) is 23.7 Å². The first-order valence-corrected chi connectivity index (χ1v) is 9.82. The molecule has 2 atom stereocenters. The summed E-state index contributed by atoms with van der Waals surface area (Å²) in [6.07, 6.45) is 2.27. The van der Waals surface area contributed by atoms with Crippen LogP contribution in [-0.4, -0.2) is 41.6 Å². The van der Waals surface area contributed by atoms with Crippen LogP contribution < -0.4 is 15.1 Å². The van der Waals surface area contributed by atoms with Gasteiger partial charge in [0.05, 0.1) is 11.3 Å². The number of hydrogen-bond acceptors (Lipinski definition) is 4. The van der Waals surface area contributed by atoms with E-state index in [9.17, 15) is 19.5 Å². The number of halogens is 1. The predicted octanol–water partition coefficient (Wildman–Crippen LogP) is 3.52. The van der Waals surface area contributed by atoms with Crippen molar-refractivity contribution in [1.29, 1.82) is 0 Å². The monoisotopic (exact) mass is 413 g/mol. The summed E-state index contributed by atoms with van der Waals surface area (Å²) in [6, 6.07) is 12.4. The fourth-order valence-corrected chi connectivity index (χ4v) is 4.25. The highest BCUT2D eigenvalue weighted by Gasteiger charge is 2.41. The summed E-state index contributed by atoms with van der Waals surface area (Å²) < 4.78 is 0. The van der Waals surface area contributed by atoms with E-state index >= 15 is 0 Å². The molecule has 3 amide bonds. The van der Waals surface area contributed by atoms with Crippen LogP contribution in [0.3, 0.4) is 0 Å². The average molecular weight is 414 g/mol. The Morgan fingerprint density at radius 3 is 2.66 bits per heavy atom. The molecule has 0 saturated carbocycles. The molecule has 0 radical (unpaired) electrons. The third-order valence-corrected chi connectivity index (χ3v) is 5.63. The first kappa shape index (κ1) is 19.3. The highest BCUT2D eigenvalue weighted by molar-refractivity contribution is 6.31. The number of carbonyl (C=O) groups is 3. The van der Waals surface area contributed by atoms with Crippen LogP contribution in [0.2, 0.25) is 5.02 Å². The van der Waals surface area contributed by atoms with Crippen molar-refractivity contribution in [1.82, 2.24) is 5.32 Å². The molecule has 2 aliphatic rings. The number of carbonyl (C=O) groups excluding carboxylic acids is 2. The average Bonchev–Trinajstić information content (AvgIpc) is 3.26. The number of benzene rings is 2. The minimum absolute atomic E-state index is 0.0348. The van der Waals surface area contributed by atoms with Gasteiger partial charge in [-0.2, -0.15) is 0 Å². The van der Waals surface area contributed by atoms with Gasteiger partial charge in [-0.3, -0.25) is 4.79 Å². The smallest absolute Gasteiger partial charge is 0.335 e. The molecule has 2 fully saturated rings. The van der Waals surface area contributed by atoms with Crippen molar-refractivity contribution in [2.45, 2.75) is 31.3 Å². The van der Waals surface area contributed by atoms with Crippen LogP contribution in [-0.2, 0) is 4.79 Å². The van der Waals surface area contributed by atoms with E-state index in [1.807, 2.05) is 6.07 Å². The van der Waals surface area contributed by atoms with E-state index in [2.05, 4.69) is 10.2 Å². The molecule has 2 N–H and O–H groups in total. The van der Waals surface area contributed by atoms with Crippen molar-refractivity contribution in [3.05, 3.63) is 59.1 Å². The number of anilines is 2. The van der Waals surface area contributed by atoms with Gasteiger partial charge in [-0.05, 0) is 55.7 Å². The largest absolute Gasteiger partial charge is 0.478 e. The lowest BCUT2D eigenvalue weighted by Gasteiger charge is -2.28. The quantitative estimate of drug-likeness (QED) is 0.732. The number of rotatable bonds is 5. The van der Waals surface area contributed by atoms with Gasteiger partial charge in [-0.25, -0.2) is 14.5 Å². The Hall–Kier alpha value is -3.06. The Morgan fingerprint density at radius 2 is 1.90 bits per heavy atom. The van der Waals surface area contributed by atoms with E-state index < -0.39 is 18.0 Å². The zero-order chi connectivity index (χ0) is 20.5. The lowest BCUT2D eigenvalue weighted by Crippen LogP contribution is -2.39. The molecule has 7 nitrogen and oxygen atoms in total. The fraction of sp³-hybridized carbons (Fsp3) is 0.286. The number of carboxylic acid groups (broad SMARTS) is 1. The molecule has 2 aromatic rings. The fourth-order valence-electron chi connectivity index (χ4n) is 4.06. The molecule has 0 aliphatic carbocycles. The summed E-state index contributed by atoms with van der Waals surface area (Å²) in [5.74, 6) is -1.28. The van der Waals surface area contributed by atoms with Crippen molar-refractivity contribution in [2.24, 2.45) is 0 Å². The first-order chi connectivity index (χ1) is 13.9. The maximum absolute atomic E-state index is 12.9. The minimum atomic E-state index is -0.974. The predicted molar refractivity (Wildman–Crippen MR) is 110 cm³/mol. The summed E-state index contributed by atoms with van der Waals surface area (Å²) in [6.45, 7) is 0.778. The molecule has 4 rings (SSSR count). The van der Waals surface area contributed by atoms with E-state index in [0.717, 1.165) is 30.0 Å². The van der Waals surface area contributed by atoms with Gasteiger partial charge >= 0.3 is 12.0 Å². The molecule has 29 heavy (non-hydrogen) atoms. The van der Waals surface area contributed by atoms with Crippen molar-refractivity contribution in [3.63, 3.8) is 0 Å². The second kappa shape index (κ2) is 7.75. The molecule has 2 aliphatic heterocycles. The van der Waals surface area contributed by atoms with Gasteiger partial charge in [0, 0.05) is 23.3 Å². The topological polar surface area (TPSA) is 89.9 Å². The maximum atomic E-state index is 12.9. The van der Waals surface area contributed by atoms with Crippen molar-refractivity contribution in [2.75, 3.05) is 16.3 Å². The number of nitrogens with one attached hydrogen (secondary N) is 1. The standard InChI is InChI=1S/C21H20ClN3O4/c22-14-5-2-7-17(11-14)25-19(26)18(23-21(25)29)12-16-8-3-9-24(16)15-6-1-4-13(10-15)20(27)28/h1-2,4-7,10-11,16,18H,3,8-9,12H2,(H,23,29)(H,27,28). The van der Waals surface area contributed by atoms with Crippen LogP contribution in [0.1, 0.15) is 29.6 Å². The Bertz CT molecular complexity index is 980. The van der Waals surface area contributed by atoms with Gasteiger partial charge in [0.15, 0.2) is 0 Å². The van der Waals surface area contributed by atoms with Gasteiger partial charge in [0.1, 0.15) is 6.04 Å². The maximum Gasteiger partial charge on any atom is 0.335 e. The second-order valence-electron chi connectivity index (χ2n) is 7.24. The Balaban J connectivity index is 1.51. The van der Waals surface area contributed by atoms with E-state index in [1.54, 1.807) is 42.5 Å². The third kappa shape index (κ3) is 3.78. The molecule has 0 aromatic heterocycles. The van der Waals surface area contributed by atoms with E-state index in [1.165, 1.54) is 0 Å². The highest BCUT2D eigenvalue weighted by atomic mass is 35.5. The molecule has 2 unspecified atom stereocenters. The van der Waals surface area contributed by atoms with Crippen LogP contribution >= 0.6 is 11.6 Å². The van der Waals surface area contributed by atoms with E-state index in [4.69, 9.17) is 11.6 Å². The number of carboxylic acids is 1. The molecule has 2 heterocycles. The SMILES string of the molecule is O=C(O)c1cccc(N2CCCC2CC2NC(=O)N(c3cccc(Cl)c3)C2=O)c1. The molecule has 0 spiro atoms. The number of amides is 3. The molecule has 2 aromatic carbocycles. The third-order valence-electron chi connectivity index (χ3n) is 5.40. The molecular weight excluding hydrogens is 394 g/mol. The molecule has 2 saturated heterocycles. The molecule has 8 heteroatoms. The Labute approximate surface area is 172 Å². The number of urea groups is 1. The summed E-state index contributed by atoms with van der Waals surface area (Å²) in [5.41, 5.74) is 1.49. The second-order valence-corrected chi connectivity index (χ2v) is 7.67. The molecule has 150 valence electrons. The minimum Gasteiger partial charge on any atom is -0.478 e. The van der Waals surface area contributed by atoms with Crippen LogP contribution in [0.25, 0.3) is 0 Å². The zero-order valence-electron chi connectivity index (χ0n) is 15.5. The van der Waals surface area contributed by atoms with E-state index in [0.29, 0.717) is 17.1 Å². The molecular formula is C21H20ClN3O4. The van der Waals surface area contributed by atoms with Gasteiger partial charge < -0.3 is 15.3 Å². The van der Waals surface area contributed by atoms with Crippen LogP contribution in [0.4, 0.5) is 16.2 Å². The first-order valence-electron chi connectivity index (χ1n) is 9.44.